The number of carboxylic acid groups (broad SMARTS) is 1. The average molecular weight is 609 g/mol. The highest BCUT2D eigenvalue weighted by atomic mass is 19.4. The van der Waals surface area contributed by atoms with Crippen molar-refractivity contribution in [3.63, 3.8) is 0 Å². The molecule has 1 saturated heterocycles. The van der Waals surface area contributed by atoms with Gasteiger partial charge in [0, 0.05) is 49.1 Å². The number of halogens is 3. The van der Waals surface area contributed by atoms with E-state index in [0.717, 1.165) is 6.07 Å². The van der Waals surface area contributed by atoms with Crippen LogP contribution in [0.5, 0.6) is 11.6 Å². The number of nitrogens with one attached hydrogen (secondary N) is 3. The van der Waals surface area contributed by atoms with Crippen LogP contribution < -0.4 is 25.6 Å². The number of amides is 3. The number of nitrogens with zero attached hydrogens (tertiary/aromatic N) is 3. The van der Waals surface area contributed by atoms with Crippen molar-refractivity contribution in [2.75, 3.05) is 28.6 Å². The lowest BCUT2D eigenvalue weighted by Gasteiger charge is -2.35. The highest BCUT2D eigenvalue weighted by molar-refractivity contribution is 6.13. The molecule has 2 heterocycles. The number of piperidine rings is 1. The Morgan fingerprint density at radius 2 is 1.84 bits per heavy atom. The lowest BCUT2D eigenvalue weighted by molar-refractivity contribution is -0.137. The van der Waals surface area contributed by atoms with E-state index in [1.165, 1.54) is 36.4 Å². The Morgan fingerprint density at radius 1 is 1.02 bits per heavy atom. The molecule has 4 N–H and O–H groups in total. The highest BCUT2D eigenvalue weighted by Crippen LogP contribution is 2.39. The van der Waals surface area contributed by atoms with Gasteiger partial charge in [0.1, 0.15) is 17.9 Å². The van der Waals surface area contributed by atoms with Gasteiger partial charge in [0.2, 0.25) is 11.8 Å². The van der Waals surface area contributed by atoms with E-state index >= 15 is 0 Å². The van der Waals surface area contributed by atoms with E-state index in [9.17, 15) is 27.6 Å². The Bertz CT molecular complexity index is 1730. The summed E-state index contributed by atoms with van der Waals surface area (Å²) in [5.41, 5.74) is -0.824. The number of anilines is 3. The van der Waals surface area contributed by atoms with Gasteiger partial charge >= 0.3 is 12.3 Å². The van der Waals surface area contributed by atoms with Gasteiger partial charge in [-0.2, -0.15) is 13.2 Å². The number of aromatic nitrogens is 2. The van der Waals surface area contributed by atoms with Crippen LogP contribution in [0.25, 0.3) is 10.8 Å². The number of rotatable bonds is 7. The van der Waals surface area contributed by atoms with Crippen LogP contribution in [0.4, 0.5) is 35.2 Å². The molecule has 14 heteroatoms. The number of hydrogen-bond donors (Lipinski definition) is 4. The topological polar surface area (TPSA) is 146 Å². The van der Waals surface area contributed by atoms with Gasteiger partial charge in [-0.25, -0.2) is 14.8 Å². The summed E-state index contributed by atoms with van der Waals surface area (Å²) < 4.78 is 48.2. The maximum absolute atomic E-state index is 14.1. The minimum Gasteiger partial charge on any atom is -0.465 e. The Hall–Kier alpha value is -5.40. The minimum atomic E-state index is -4.72. The molecule has 0 radical (unpaired) electrons. The molecule has 4 aromatic rings. The fraction of sp³-hybridized carbons (Fsp3) is 0.233. The molecule has 3 aromatic carbocycles. The van der Waals surface area contributed by atoms with Crippen molar-refractivity contribution < 1.29 is 37.4 Å². The zero-order valence-corrected chi connectivity index (χ0v) is 23.3. The van der Waals surface area contributed by atoms with Gasteiger partial charge in [-0.1, -0.05) is 12.1 Å². The number of benzene rings is 3. The van der Waals surface area contributed by atoms with Gasteiger partial charge in [0.05, 0.1) is 5.56 Å². The van der Waals surface area contributed by atoms with Crippen LogP contribution in [-0.2, 0) is 11.0 Å². The van der Waals surface area contributed by atoms with Gasteiger partial charge in [-0.3, -0.25) is 9.59 Å². The van der Waals surface area contributed by atoms with E-state index in [-0.39, 0.29) is 41.1 Å². The second-order valence-corrected chi connectivity index (χ2v) is 10.1. The molecule has 0 saturated carbocycles. The zero-order valence-electron chi connectivity index (χ0n) is 23.3. The summed E-state index contributed by atoms with van der Waals surface area (Å²) in [6.45, 7) is 1.77. The third-order valence-corrected chi connectivity index (χ3v) is 6.91. The van der Waals surface area contributed by atoms with Crippen molar-refractivity contribution in [1.29, 1.82) is 0 Å². The molecule has 5 rings (SSSR count). The van der Waals surface area contributed by atoms with Crippen molar-refractivity contribution in [2.24, 2.45) is 0 Å². The van der Waals surface area contributed by atoms with Crippen LogP contribution in [0, 0.1) is 0 Å². The first-order chi connectivity index (χ1) is 21.0. The van der Waals surface area contributed by atoms with E-state index in [4.69, 9.17) is 9.84 Å². The first-order valence-corrected chi connectivity index (χ1v) is 13.5. The van der Waals surface area contributed by atoms with Gasteiger partial charge < -0.3 is 30.7 Å². The first kappa shape index (κ1) is 30.1. The number of carbonyl (C=O) groups is 3. The zero-order chi connectivity index (χ0) is 31.4. The SMILES string of the molecule is CC(=O)Nc1cc(Oc2ccc3c(C(=O)Nc4ccc(N5CCC[C@H](NC(=O)O)C5)c(C(F)(F)F)c4)cccc3c2)ncn1. The monoisotopic (exact) mass is 608 g/mol. The molecular weight excluding hydrogens is 581 g/mol. The number of alkyl halides is 3. The van der Waals surface area contributed by atoms with E-state index in [0.29, 0.717) is 35.9 Å². The molecule has 1 fully saturated rings. The lowest BCUT2D eigenvalue weighted by Crippen LogP contribution is -2.47. The van der Waals surface area contributed by atoms with E-state index in [2.05, 4.69) is 25.9 Å². The molecule has 44 heavy (non-hydrogen) atoms. The summed E-state index contributed by atoms with van der Waals surface area (Å²) in [7, 11) is 0. The van der Waals surface area contributed by atoms with E-state index < -0.39 is 29.8 Å². The van der Waals surface area contributed by atoms with E-state index in [1.807, 2.05) is 0 Å². The molecule has 1 aliphatic heterocycles. The third-order valence-electron chi connectivity index (χ3n) is 6.91. The third kappa shape index (κ3) is 7.14. The molecule has 1 aromatic heterocycles. The van der Waals surface area contributed by atoms with Gasteiger partial charge in [0.25, 0.3) is 5.91 Å². The second-order valence-electron chi connectivity index (χ2n) is 10.1. The normalized spacial score (nSPS) is 15.0. The maximum Gasteiger partial charge on any atom is 0.418 e. The Kier molecular flexibility index (Phi) is 8.51. The molecule has 0 spiro atoms. The predicted octanol–water partition coefficient (Wildman–Crippen LogP) is 5.89. The van der Waals surface area contributed by atoms with Crippen LogP contribution >= 0.6 is 0 Å². The van der Waals surface area contributed by atoms with Gasteiger partial charge in [-0.15, -0.1) is 0 Å². The van der Waals surface area contributed by atoms with Crippen molar-refractivity contribution in [2.45, 2.75) is 32.0 Å². The molecule has 0 bridgehead atoms. The Balaban J connectivity index is 1.36. The second kappa shape index (κ2) is 12.5. The van der Waals surface area contributed by atoms with Crippen LogP contribution in [0.15, 0.2) is 67.0 Å². The number of ether oxygens (including phenoxy) is 1. The summed E-state index contributed by atoms with van der Waals surface area (Å²) in [5, 5.41) is 17.6. The maximum atomic E-state index is 14.1. The fourth-order valence-electron chi connectivity index (χ4n) is 5.09. The van der Waals surface area contributed by atoms with Crippen molar-refractivity contribution in [3.8, 4) is 11.6 Å². The van der Waals surface area contributed by atoms with Crippen molar-refractivity contribution in [3.05, 3.63) is 78.1 Å². The quantitative estimate of drug-likeness (QED) is 0.203. The first-order valence-electron chi connectivity index (χ1n) is 13.5. The average Bonchev–Trinajstić information content (AvgIpc) is 2.96. The Labute approximate surface area is 249 Å². The van der Waals surface area contributed by atoms with Crippen LogP contribution in [0.2, 0.25) is 0 Å². The number of fused-ring (bicyclic) bond motifs is 1. The number of hydrogen-bond acceptors (Lipinski definition) is 7. The van der Waals surface area contributed by atoms with Crippen molar-refractivity contribution >= 4 is 45.9 Å². The highest BCUT2D eigenvalue weighted by Gasteiger charge is 2.36. The summed E-state index contributed by atoms with van der Waals surface area (Å²) >= 11 is 0. The minimum absolute atomic E-state index is 0.0426. The smallest absolute Gasteiger partial charge is 0.418 e. The number of carbonyl (C=O) groups excluding carboxylic acids is 2. The summed E-state index contributed by atoms with van der Waals surface area (Å²) in [6, 6.07) is 14.4. The molecule has 0 aliphatic carbocycles. The summed E-state index contributed by atoms with van der Waals surface area (Å²) in [6.07, 6.45) is -3.67. The standard InChI is InChI=1S/C30H27F3N6O5/c1-17(40)36-26-14-27(35-16-34-26)44-21-8-9-22-18(12-21)4-2-6-23(22)28(41)37-19-7-10-25(24(13-19)30(31,32)33)39-11-3-5-20(15-39)38-29(42)43/h2,4,6-10,12-14,16,20,38H,3,5,11,15H2,1H3,(H,37,41)(H,42,43)(H,34,35,36,40)/t20-/m0/s1. The lowest BCUT2D eigenvalue weighted by atomic mass is 10.0. The molecule has 0 unspecified atom stereocenters. The summed E-state index contributed by atoms with van der Waals surface area (Å²) in [5.74, 6) is -0.0724. The molecular formula is C30H27F3N6O5. The predicted molar refractivity (Wildman–Crippen MR) is 156 cm³/mol. The fourth-order valence-corrected chi connectivity index (χ4v) is 5.09. The Morgan fingerprint density at radius 3 is 2.59 bits per heavy atom. The molecule has 3 amide bonds. The van der Waals surface area contributed by atoms with Crippen LogP contribution in [-0.4, -0.2) is 52.1 Å². The van der Waals surface area contributed by atoms with Crippen LogP contribution in [0.1, 0.15) is 35.7 Å². The van der Waals surface area contributed by atoms with Crippen LogP contribution in [0.3, 0.4) is 0 Å². The largest absolute Gasteiger partial charge is 0.465 e. The van der Waals surface area contributed by atoms with Gasteiger partial charge in [0.15, 0.2) is 0 Å². The summed E-state index contributed by atoms with van der Waals surface area (Å²) in [4.78, 5) is 45.1. The molecule has 1 atom stereocenters. The van der Waals surface area contributed by atoms with E-state index in [1.54, 1.807) is 36.4 Å². The van der Waals surface area contributed by atoms with Gasteiger partial charge in [-0.05, 0) is 66.1 Å². The molecule has 1 aliphatic rings. The molecule has 11 nitrogen and oxygen atoms in total. The molecule has 228 valence electrons. The van der Waals surface area contributed by atoms with Crippen molar-refractivity contribution in [1.82, 2.24) is 15.3 Å².